The van der Waals surface area contributed by atoms with Gasteiger partial charge in [0.05, 0.1) is 11.8 Å². The van der Waals surface area contributed by atoms with Crippen LogP contribution in [0.3, 0.4) is 0 Å². The lowest BCUT2D eigenvalue weighted by Crippen LogP contribution is -2.37. The minimum atomic E-state index is 0.113. The minimum absolute atomic E-state index is 0.113. The van der Waals surface area contributed by atoms with Gasteiger partial charge in [-0.05, 0) is 48.0 Å². The van der Waals surface area contributed by atoms with Crippen LogP contribution < -0.4 is 0 Å². The van der Waals surface area contributed by atoms with Crippen molar-refractivity contribution in [1.82, 2.24) is 14.3 Å². The van der Waals surface area contributed by atoms with Crippen LogP contribution in [0.5, 0.6) is 0 Å². The molecule has 19 heavy (non-hydrogen) atoms. The summed E-state index contributed by atoms with van der Waals surface area (Å²) < 4.78 is 3.99. The summed E-state index contributed by atoms with van der Waals surface area (Å²) in [6, 6.07) is 4.15. The number of amides is 1. The molecule has 5 heteroatoms. The van der Waals surface area contributed by atoms with Crippen LogP contribution in [0, 0.1) is 0 Å². The summed E-state index contributed by atoms with van der Waals surface area (Å²) >= 11 is 1.32. The van der Waals surface area contributed by atoms with Crippen molar-refractivity contribution in [1.29, 1.82) is 0 Å². The third kappa shape index (κ3) is 2.66. The lowest BCUT2D eigenvalue weighted by Gasteiger charge is -2.32. The molecule has 0 spiro atoms. The number of hydrogen-bond donors (Lipinski definition) is 0. The Labute approximate surface area is 116 Å². The maximum Gasteiger partial charge on any atom is 0.256 e. The van der Waals surface area contributed by atoms with Gasteiger partial charge in [-0.1, -0.05) is 0 Å². The molecule has 0 N–H and O–H groups in total. The van der Waals surface area contributed by atoms with Crippen molar-refractivity contribution in [3.05, 3.63) is 47.2 Å². The van der Waals surface area contributed by atoms with Crippen LogP contribution in [0.25, 0.3) is 0 Å². The van der Waals surface area contributed by atoms with E-state index in [0.29, 0.717) is 11.5 Å². The first-order valence-electron chi connectivity index (χ1n) is 6.43. The molecule has 2 aromatic heterocycles. The molecule has 0 radical (unpaired) electrons. The first-order valence-corrected chi connectivity index (χ1v) is 7.27. The predicted molar refractivity (Wildman–Crippen MR) is 74.2 cm³/mol. The molecule has 1 saturated heterocycles. The summed E-state index contributed by atoms with van der Waals surface area (Å²) in [4.78, 5) is 18.2. The first-order chi connectivity index (χ1) is 9.34. The van der Waals surface area contributed by atoms with Crippen molar-refractivity contribution < 1.29 is 4.79 Å². The highest BCUT2D eigenvalue weighted by molar-refractivity contribution is 7.03. The normalized spacial score (nSPS) is 16.5. The van der Waals surface area contributed by atoms with Crippen LogP contribution in [0.15, 0.2) is 36.1 Å². The second-order valence-corrected chi connectivity index (χ2v) is 5.42. The second kappa shape index (κ2) is 5.48. The van der Waals surface area contributed by atoms with Crippen LogP contribution >= 0.6 is 11.5 Å². The summed E-state index contributed by atoms with van der Waals surface area (Å²) in [5, 5.41) is 1.82. The average Bonchev–Trinajstić information content (AvgIpc) is 3.02. The van der Waals surface area contributed by atoms with Crippen molar-refractivity contribution in [2.75, 3.05) is 13.1 Å². The van der Waals surface area contributed by atoms with E-state index in [1.54, 1.807) is 6.20 Å². The lowest BCUT2D eigenvalue weighted by molar-refractivity contribution is 0.0713. The molecule has 2 aromatic rings. The number of rotatable bonds is 2. The Hall–Kier alpha value is -1.75. The van der Waals surface area contributed by atoms with Gasteiger partial charge in [-0.2, -0.15) is 0 Å². The van der Waals surface area contributed by atoms with E-state index in [2.05, 4.69) is 21.5 Å². The Kier molecular flexibility index (Phi) is 3.55. The Balaban J connectivity index is 1.62. The summed E-state index contributed by atoms with van der Waals surface area (Å²) in [6.45, 7) is 1.64. The largest absolute Gasteiger partial charge is 0.339 e. The van der Waals surface area contributed by atoms with Crippen molar-refractivity contribution >= 4 is 17.4 Å². The van der Waals surface area contributed by atoms with Gasteiger partial charge in [-0.3, -0.25) is 9.78 Å². The van der Waals surface area contributed by atoms with Gasteiger partial charge in [0.1, 0.15) is 0 Å². The molecule has 0 atom stereocenters. The third-order valence-corrected chi connectivity index (χ3v) is 4.23. The van der Waals surface area contributed by atoms with Gasteiger partial charge in [0, 0.05) is 30.9 Å². The SMILES string of the molecule is O=C(c1cnsc1)N1CCC(c2ccncc2)CC1. The predicted octanol–water partition coefficient (Wildman–Crippen LogP) is 2.56. The fraction of sp³-hybridized carbons (Fsp3) is 0.357. The fourth-order valence-electron chi connectivity index (χ4n) is 2.54. The van der Waals surface area contributed by atoms with Gasteiger partial charge in [0.25, 0.3) is 5.91 Å². The van der Waals surface area contributed by atoms with E-state index in [4.69, 9.17) is 0 Å². The van der Waals surface area contributed by atoms with E-state index < -0.39 is 0 Å². The molecule has 3 rings (SSSR count). The summed E-state index contributed by atoms with van der Waals surface area (Å²) in [5.41, 5.74) is 2.05. The molecule has 0 bridgehead atoms. The molecule has 1 aliphatic rings. The maximum atomic E-state index is 12.2. The zero-order chi connectivity index (χ0) is 13.1. The second-order valence-electron chi connectivity index (χ2n) is 4.76. The van der Waals surface area contributed by atoms with Crippen LogP contribution in [-0.2, 0) is 0 Å². The zero-order valence-corrected chi connectivity index (χ0v) is 11.3. The van der Waals surface area contributed by atoms with Gasteiger partial charge >= 0.3 is 0 Å². The van der Waals surface area contributed by atoms with Crippen LogP contribution in [-0.4, -0.2) is 33.3 Å². The molecule has 0 aliphatic carbocycles. The zero-order valence-electron chi connectivity index (χ0n) is 10.5. The number of piperidine rings is 1. The Morgan fingerprint density at radius 1 is 1.26 bits per heavy atom. The quantitative estimate of drug-likeness (QED) is 0.844. The third-order valence-electron chi connectivity index (χ3n) is 3.64. The molecule has 0 aromatic carbocycles. The molecule has 1 fully saturated rings. The molecule has 3 heterocycles. The summed E-state index contributed by atoms with van der Waals surface area (Å²) in [5.74, 6) is 0.662. The van der Waals surface area contributed by atoms with Crippen molar-refractivity contribution in [3.63, 3.8) is 0 Å². The molecule has 98 valence electrons. The fourth-order valence-corrected chi connectivity index (χ4v) is 3.06. The first kappa shape index (κ1) is 12.3. The Bertz CT molecular complexity index is 533. The number of hydrogen-bond acceptors (Lipinski definition) is 4. The van der Waals surface area contributed by atoms with Crippen LogP contribution in [0.2, 0.25) is 0 Å². The van der Waals surface area contributed by atoms with E-state index in [9.17, 15) is 4.79 Å². The summed E-state index contributed by atoms with van der Waals surface area (Å²) in [7, 11) is 0. The molecule has 1 aliphatic heterocycles. The summed E-state index contributed by atoms with van der Waals surface area (Å²) in [6.07, 6.45) is 7.37. The highest BCUT2D eigenvalue weighted by atomic mass is 32.1. The van der Waals surface area contributed by atoms with E-state index >= 15 is 0 Å². The van der Waals surface area contributed by atoms with Gasteiger partial charge in [0.2, 0.25) is 0 Å². The Morgan fingerprint density at radius 3 is 2.63 bits per heavy atom. The highest BCUT2D eigenvalue weighted by Crippen LogP contribution is 2.28. The van der Waals surface area contributed by atoms with Gasteiger partial charge in [-0.15, -0.1) is 0 Å². The lowest BCUT2D eigenvalue weighted by atomic mass is 9.90. The highest BCUT2D eigenvalue weighted by Gasteiger charge is 2.24. The molecular weight excluding hydrogens is 258 g/mol. The number of carbonyl (C=O) groups excluding carboxylic acids is 1. The molecule has 0 unspecified atom stereocenters. The number of aromatic nitrogens is 2. The number of nitrogens with zero attached hydrogens (tertiary/aromatic N) is 3. The van der Waals surface area contributed by atoms with Crippen molar-refractivity contribution in [2.24, 2.45) is 0 Å². The maximum absolute atomic E-state index is 12.2. The molecule has 4 nitrogen and oxygen atoms in total. The van der Waals surface area contributed by atoms with Crippen LogP contribution in [0.1, 0.15) is 34.7 Å². The number of carbonyl (C=O) groups is 1. The number of likely N-dealkylation sites (tertiary alicyclic amines) is 1. The molecule has 1 amide bonds. The topological polar surface area (TPSA) is 46.1 Å². The van der Waals surface area contributed by atoms with Crippen molar-refractivity contribution in [2.45, 2.75) is 18.8 Å². The standard InChI is InChI=1S/C14H15N3OS/c18-14(13-9-16-19-10-13)17-7-3-12(4-8-17)11-1-5-15-6-2-11/h1-2,5-6,9-10,12H,3-4,7-8H2. The van der Waals surface area contributed by atoms with Gasteiger partial charge < -0.3 is 4.90 Å². The molecule has 0 saturated carbocycles. The Morgan fingerprint density at radius 2 is 2.00 bits per heavy atom. The van der Waals surface area contributed by atoms with E-state index in [-0.39, 0.29) is 5.91 Å². The van der Waals surface area contributed by atoms with E-state index in [1.807, 2.05) is 22.7 Å². The monoisotopic (exact) mass is 273 g/mol. The average molecular weight is 273 g/mol. The van der Waals surface area contributed by atoms with Crippen LogP contribution in [0.4, 0.5) is 0 Å². The minimum Gasteiger partial charge on any atom is -0.339 e. The smallest absolute Gasteiger partial charge is 0.256 e. The van der Waals surface area contributed by atoms with E-state index in [1.165, 1.54) is 17.1 Å². The van der Waals surface area contributed by atoms with Crippen molar-refractivity contribution in [3.8, 4) is 0 Å². The van der Waals surface area contributed by atoms with Gasteiger partial charge in [-0.25, -0.2) is 4.37 Å². The van der Waals surface area contributed by atoms with E-state index in [0.717, 1.165) is 25.9 Å². The van der Waals surface area contributed by atoms with Gasteiger partial charge in [0.15, 0.2) is 0 Å². The number of pyridine rings is 1. The molecular formula is C14H15N3OS.